The molecule has 0 fully saturated rings. The van der Waals surface area contributed by atoms with Crippen molar-refractivity contribution in [3.8, 4) is 23.7 Å². The Morgan fingerprint density at radius 2 is 1.87 bits per heavy atom. The second-order valence-corrected chi connectivity index (χ2v) is 5.04. The van der Waals surface area contributed by atoms with Gasteiger partial charge in [-0.15, -0.1) is 0 Å². The molecule has 124 valence electrons. The molecule has 0 aliphatic carbocycles. The third-order valence-electron chi connectivity index (χ3n) is 2.39. The van der Waals surface area contributed by atoms with Gasteiger partial charge in [-0.3, -0.25) is 4.79 Å². The molecule has 0 aromatic carbocycles. The molecule has 0 amide bonds. The highest BCUT2D eigenvalue weighted by Crippen LogP contribution is 2.02. The minimum absolute atomic E-state index is 0.0357. The summed E-state index contributed by atoms with van der Waals surface area (Å²) in [4.78, 5) is 11.3. The summed E-state index contributed by atoms with van der Waals surface area (Å²) >= 11 is 0. The van der Waals surface area contributed by atoms with Crippen LogP contribution in [0.2, 0.25) is 0 Å². The Morgan fingerprint density at radius 3 is 2.52 bits per heavy atom. The minimum Gasteiger partial charge on any atom is -0.466 e. The molecule has 0 rings (SSSR count). The Morgan fingerprint density at radius 1 is 1.17 bits per heavy atom. The van der Waals surface area contributed by atoms with Crippen molar-refractivity contribution in [3.05, 3.63) is 36.5 Å². The zero-order chi connectivity index (χ0) is 17.3. The number of aliphatic hydroxyl groups is 2. The molecular weight excluding hydrogens is 292 g/mol. The van der Waals surface area contributed by atoms with E-state index in [0.29, 0.717) is 12.8 Å². The van der Waals surface area contributed by atoms with Crippen molar-refractivity contribution in [1.82, 2.24) is 0 Å². The van der Waals surface area contributed by atoms with Gasteiger partial charge in [0.15, 0.2) is 0 Å². The van der Waals surface area contributed by atoms with Gasteiger partial charge >= 0.3 is 5.97 Å². The second kappa shape index (κ2) is 14.7. The van der Waals surface area contributed by atoms with E-state index >= 15 is 0 Å². The molecule has 0 heterocycles. The predicted molar refractivity (Wildman–Crippen MR) is 91.1 cm³/mol. The van der Waals surface area contributed by atoms with Gasteiger partial charge in [0.1, 0.15) is 0 Å². The maximum atomic E-state index is 11.3. The van der Waals surface area contributed by atoms with E-state index in [1.807, 2.05) is 13.8 Å². The first kappa shape index (κ1) is 20.7. The van der Waals surface area contributed by atoms with Crippen LogP contribution in [0, 0.1) is 29.6 Å². The molecule has 0 saturated heterocycles. The van der Waals surface area contributed by atoms with Crippen LogP contribution in [0.5, 0.6) is 0 Å². The van der Waals surface area contributed by atoms with Crippen molar-refractivity contribution in [2.75, 3.05) is 13.2 Å². The van der Waals surface area contributed by atoms with E-state index in [1.54, 1.807) is 24.3 Å². The average molecular weight is 316 g/mol. The standard InChI is InChI=1S/C19H24O4/c1-17(2)16-19(22)23-15-13-18(21)12-10-8-6-4-3-5-7-9-11-14-20/h6,8-12,17-18,20-21H,13-16H2,1-2H3/b8-6+,11-9+,12-10+. The fourth-order valence-electron chi connectivity index (χ4n) is 1.35. The highest BCUT2D eigenvalue weighted by Gasteiger charge is 2.06. The number of ether oxygens (including phenoxy) is 1. The van der Waals surface area contributed by atoms with Gasteiger partial charge in [0.25, 0.3) is 0 Å². The Bertz CT molecular complexity index is 533. The van der Waals surface area contributed by atoms with E-state index in [2.05, 4.69) is 23.7 Å². The van der Waals surface area contributed by atoms with Gasteiger partial charge in [0, 0.05) is 12.8 Å². The number of carbonyl (C=O) groups excluding carboxylic acids is 1. The van der Waals surface area contributed by atoms with Gasteiger partial charge in [-0.2, -0.15) is 0 Å². The largest absolute Gasteiger partial charge is 0.466 e. The Hall–Kier alpha value is -2.27. The van der Waals surface area contributed by atoms with Gasteiger partial charge in [-0.1, -0.05) is 50.0 Å². The lowest BCUT2D eigenvalue weighted by Gasteiger charge is -2.08. The van der Waals surface area contributed by atoms with Gasteiger partial charge < -0.3 is 14.9 Å². The molecule has 4 nitrogen and oxygen atoms in total. The molecule has 0 aliphatic rings. The summed E-state index contributed by atoms with van der Waals surface area (Å²) < 4.78 is 5.01. The summed E-state index contributed by atoms with van der Waals surface area (Å²) in [7, 11) is 0. The molecule has 2 N–H and O–H groups in total. The summed E-state index contributed by atoms with van der Waals surface area (Å²) in [5.74, 6) is 10.6. The zero-order valence-corrected chi connectivity index (χ0v) is 13.7. The highest BCUT2D eigenvalue weighted by atomic mass is 16.5. The number of allylic oxidation sites excluding steroid dienone is 4. The molecule has 1 unspecified atom stereocenters. The Balaban J connectivity index is 3.91. The molecule has 0 aliphatic heterocycles. The molecule has 23 heavy (non-hydrogen) atoms. The van der Waals surface area contributed by atoms with E-state index in [1.165, 1.54) is 12.2 Å². The van der Waals surface area contributed by atoms with Crippen LogP contribution in [0.3, 0.4) is 0 Å². The summed E-state index contributed by atoms with van der Waals surface area (Å²) in [6, 6.07) is 0. The summed E-state index contributed by atoms with van der Waals surface area (Å²) in [6.07, 6.45) is 9.72. The van der Waals surface area contributed by atoms with Crippen LogP contribution in [0.1, 0.15) is 26.7 Å². The molecule has 1 atom stereocenters. The summed E-state index contributed by atoms with van der Waals surface area (Å²) in [5, 5.41) is 18.1. The smallest absolute Gasteiger partial charge is 0.306 e. The van der Waals surface area contributed by atoms with Crippen LogP contribution in [-0.2, 0) is 9.53 Å². The van der Waals surface area contributed by atoms with E-state index in [4.69, 9.17) is 9.84 Å². The van der Waals surface area contributed by atoms with Crippen LogP contribution in [-0.4, -0.2) is 35.5 Å². The van der Waals surface area contributed by atoms with E-state index in [9.17, 15) is 9.90 Å². The van der Waals surface area contributed by atoms with Crippen molar-refractivity contribution in [1.29, 1.82) is 0 Å². The fourth-order valence-corrected chi connectivity index (χ4v) is 1.35. The molecule has 4 heteroatoms. The van der Waals surface area contributed by atoms with Gasteiger partial charge in [0.2, 0.25) is 0 Å². The number of carbonyl (C=O) groups is 1. The van der Waals surface area contributed by atoms with Crippen LogP contribution in [0.4, 0.5) is 0 Å². The zero-order valence-electron chi connectivity index (χ0n) is 13.7. The number of hydrogen-bond acceptors (Lipinski definition) is 4. The highest BCUT2D eigenvalue weighted by molar-refractivity contribution is 5.69. The molecular formula is C19H24O4. The first-order chi connectivity index (χ1) is 11.1. The van der Waals surface area contributed by atoms with Crippen molar-refractivity contribution >= 4 is 5.97 Å². The molecule has 0 spiro atoms. The maximum Gasteiger partial charge on any atom is 0.306 e. The third kappa shape index (κ3) is 15.9. The number of aliphatic hydroxyl groups excluding tert-OH is 2. The first-order valence-corrected chi connectivity index (χ1v) is 7.50. The number of hydrogen-bond donors (Lipinski definition) is 2. The van der Waals surface area contributed by atoms with E-state index in [-0.39, 0.29) is 25.1 Å². The number of esters is 1. The second-order valence-electron chi connectivity index (χ2n) is 5.04. The van der Waals surface area contributed by atoms with E-state index in [0.717, 1.165) is 0 Å². The van der Waals surface area contributed by atoms with Crippen LogP contribution < -0.4 is 0 Å². The Kier molecular flexibility index (Phi) is 13.2. The lowest BCUT2D eigenvalue weighted by Crippen LogP contribution is -2.13. The van der Waals surface area contributed by atoms with Gasteiger partial charge in [0.05, 0.1) is 19.3 Å². The van der Waals surface area contributed by atoms with Crippen molar-refractivity contribution in [3.63, 3.8) is 0 Å². The van der Waals surface area contributed by atoms with Gasteiger partial charge in [-0.25, -0.2) is 0 Å². The van der Waals surface area contributed by atoms with Crippen molar-refractivity contribution in [2.24, 2.45) is 5.92 Å². The Labute approximate surface area is 138 Å². The number of rotatable bonds is 8. The third-order valence-corrected chi connectivity index (χ3v) is 2.39. The predicted octanol–water partition coefficient (Wildman–Crippen LogP) is 1.99. The quantitative estimate of drug-likeness (QED) is 0.408. The van der Waals surface area contributed by atoms with Crippen LogP contribution >= 0.6 is 0 Å². The maximum absolute atomic E-state index is 11.3. The monoisotopic (exact) mass is 316 g/mol. The lowest BCUT2D eigenvalue weighted by atomic mass is 10.1. The molecule has 0 saturated carbocycles. The average Bonchev–Trinajstić information content (AvgIpc) is 2.48. The van der Waals surface area contributed by atoms with Gasteiger partial charge in [-0.05, 0) is 29.9 Å². The van der Waals surface area contributed by atoms with Crippen molar-refractivity contribution < 1.29 is 19.7 Å². The topological polar surface area (TPSA) is 66.8 Å². The summed E-state index contributed by atoms with van der Waals surface area (Å²) in [6.45, 7) is 4.07. The lowest BCUT2D eigenvalue weighted by molar-refractivity contribution is -0.144. The van der Waals surface area contributed by atoms with Crippen LogP contribution in [0.15, 0.2) is 36.5 Å². The SMILES string of the molecule is CC(C)CC(=O)OCCC(O)/C=C/C=C/C#CC#C/C=C/CO. The molecule has 0 radical (unpaired) electrons. The van der Waals surface area contributed by atoms with E-state index < -0.39 is 6.10 Å². The minimum atomic E-state index is -0.664. The van der Waals surface area contributed by atoms with Crippen LogP contribution in [0.25, 0.3) is 0 Å². The first-order valence-electron chi connectivity index (χ1n) is 7.50. The fraction of sp³-hybridized carbons (Fsp3) is 0.421. The molecule has 0 aromatic rings. The summed E-state index contributed by atoms with van der Waals surface area (Å²) in [5.41, 5.74) is 0. The molecule has 0 aromatic heterocycles. The normalized spacial score (nSPS) is 12.2. The molecule has 0 bridgehead atoms. The van der Waals surface area contributed by atoms with Crippen molar-refractivity contribution in [2.45, 2.75) is 32.8 Å².